The first-order valence-electron chi connectivity index (χ1n) is 3.27. The Balaban J connectivity index is 3.18. The van der Waals surface area contributed by atoms with E-state index in [9.17, 15) is 4.79 Å². The average molecular weight is 164 g/mol. The predicted molar refractivity (Wildman–Crippen MR) is 42.5 cm³/mol. The minimum atomic E-state index is -0.462. The quantitative estimate of drug-likeness (QED) is 0.439. The molecule has 1 rings (SSSR count). The van der Waals surface area contributed by atoms with E-state index in [0.29, 0.717) is 11.3 Å². The summed E-state index contributed by atoms with van der Waals surface area (Å²) in [7, 11) is 2.97. The number of hydrogen-bond acceptors (Lipinski definition) is 3. The van der Waals surface area contributed by atoms with Crippen molar-refractivity contribution in [2.75, 3.05) is 7.11 Å². The second kappa shape index (κ2) is 3.09. The Morgan fingerprint density at radius 3 is 3.00 bits per heavy atom. The molecule has 1 aromatic heterocycles. The van der Waals surface area contributed by atoms with Crippen LogP contribution in [-0.2, 0) is 11.8 Å². The van der Waals surface area contributed by atoms with Crippen LogP contribution in [0.1, 0.15) is 16.1 Å². The first kappa shape index (κ1) is 8.34. The lowest BCUT2D eigenvalue weighted by molar-refractivity contribution is 0.0600. The molecule has 0 spiro atoms. The van der Waals surface area contributed by atoms with Crippen LogP contribution in [0.3, 0.4) is 0 Å². The lowest BCUT2D eigenvalue weighted by atomic mass is 10.2. The molecule has 0 radical (unpaired) electrons. The molecular formula is C8H8N2O2. The Morgan fingerprint density at radius 2 is 2.50 bits per heavy atom. The van der Waals surface area contributed by atoms with Crippen LogP contribution < -0.4 is 0 Å². The van der Waals surface area contributed by atoms with Gasteiger partial charge in [-0.1, -0.05) is 0 Å². The van der Waals surface area contributed by atoms with Crippen LogP contribution in [0.5, 0.6) is 0 Å². The summed E-state index contributed by atoms with van der Waals surface area (Å²) < 4.78 is 5.95. The van der Waals surface area contributed by atoms with E-state index in [1.54, 1.807) is 7.05 Å². The molecule has 0 amide bonds. The predicted octanol–water partition coefficient (Wildman–Crippen LogP) is 0.188. The summed E-state index contributed by atoms with van der Waals surface area (Å²) >= 11 is 0. The van der Waals surface area contributed by atoms with Crippen LogP contribution in [0.4, 0.5) is 0 Å². The lowest BCUT2D eigenvalue weighted by Gasteiger charge is -1.96. The number of ether oxygens (including phenoxy) is 1. The Kier molecular flexibility index (Phi) is 2.15. The Hall–Kier alpha value is -1.76. The van der Waals surface area contributed by atoms with Crippen molar-refractivity contribution >= 4 is 5.97 Å². The van der Waals surface area contributed by atoms with Gasteiger partial charge in [0.15, 0.2) is 0 Å². The summed E-state index contributed by atoms with van der Waals surface area (Å²) in [5.41, 5.74) is 0.754. The van der Waals surface area contributed by atoms with Crippen molar-refractivity contribution in [3.05, 3.63) is 17.5 Å². The monoisotopic (exact) mass is 164 g/mol. The minimum Gasteiger partial charge on any atom is -0.465 e. The maximum Gasteiger partial charge on any atom is 0.342 e. The van der Waals surface area contributed by atoms with Gasteiger partial charge in [0.05, 0.1) is 13.3 Å². The van der Waals surface area contributed by atoms with Crippen LogP contribution in [0.2, 0.25) is 0 Å². The molecule has 0 unspecified atom stereocenters. The van der Waals surface area contributed by atoms with Crippen molar-refractivity contribution in [2.24, 2.45) is 7.05 Å². The fraction of sp³-hybridized carbons (Fsp3) is 0.250. The van der Waals surface area contributed by atoms with Crippen LogP contribution in [0.25, 0.3) is 0 Å². The summed E-state index contributed by atoms with van der Waals surface area (Å²) in [5, 5.41) is 3.83. The number of carbonyl (C=O) groups is 1. The number of terminal acetylenes is 1. The topological polar surface area (TPSA) is 44.1 Å². The zero-order valence-electron chi connectivity index (χ0n) is 6.87. The van der Waals surface area contributed by atoms with Gasteiger partial charge in [-0.3, -0.25) is 4.68 Å². The summed E-state index contributed by atoms with van der Waals surface area (Å²) in [6.07, 6.45) is 6.56. The van der Waals surface area contributed by atoms with E-state index in [4.69, 9.17) is 6.42 Å². The largest absolute Gasteiger partial charge is 0.465 e. The third-order valence-corrected chi connectivity index (χ3v) is 1.48. The normalized spacial score (nSPS) is 9.08. The molecule has 0 aliphatic heterocycles. The molecule has 62 valence electrons. The molecule has 0 atom stereocenters. The number of hydrogen-bond donors (Lipinski definition) is 0. The second-order valence-electron chi connectivity index (χ2n) is 2.17. The standard InChI is InChI=1S/C8H8N2O2/c1-4-7-6(8(11)12-3)5-9-10(7)2/h1,5H,2-3H3. The molecule has 4 heteroatoms. The van der Waals surface area contributed by atoms with Crippen LogP contribution in [-0.4, -0.2) is 22.9 Å². The first-order valence-corrected chi connectivity index (χ1v) is 3.27. The maximum atomic E-state index is 11.0. The first-order chi connectivity index (χ1) is 5.70. The number of aromatic nitrogens is 2. The number of nitrogens with zero attached hydrogens (tertiary/aromatic N) is 2. The highest BCUT2D eigenvalue weighted by Crippen LogP contribution is 2.06. The fourth-order valence-electron chi connectivity index (χ4n) is 0.868. The molecule has 0 N–H and O–H groups in total. The van der Waals surface area contributed by atoms with Gasteiger partial charge in [-0.05, 0) is 5.92 Å². The highest BCUT2D eigenvalue weighted by molar-refractivity contribution is 5.91. The highest BCUT2D eigenvalue weighted by atomic mass is 16.5. The average Bonchev–Trinajstić information content (AvgIpc) is 2.45. The van der Waals surface area contributed by atoms with Gasteiger partial charge in [0.25, 0.3) is 0 Å². The number of methoxy groups -OCH3 is 1. The summed E-state index contributed by atoms with van der Waals surface area (Å²) in [4.78, 5) is 11.0. The maximum absolute atomic E-state index is 11.0. The van der Waals surface area contributed by atoms with E-state index in [1.165, 1.54) is 18.0 Å². The molecule has 0 aliphatic carbocycles. The molecule has 1 heterocycles. The summed E-state index contributed by atoms with van der Waals surface area (Å²) in [6.45, 7) is 0. The summed E-state index contributed by atoms with van der Waals surface area (Å²) in [5.74, 6) is 1.90. The number of carbonyl (C=O) groups excluding carboxylic acids is 1. The third kappa shape index (κ3) is 1.17. The van der Waals surface area contributed by atoms with E-state index in [2.05, 4.69) is 15.8 Å². The Bertz CT molecular complexity index is 346. The van der Waals surface area contributed by atoms with Gasteiger partial charge in [-0.25, -0.2) is 4.79 Å². The number of esters is 1. The van der Waals surface area contributed by atoms with Gasteiger partial charge in [-0.15, -0.1) is 6.42 Å². The van der Waals surface area contributed by atoms with Crippen molar-refractivity contribution in [1.82, 2.24) is 9.78 Å². The van der Waals surface area contributed by atoms with E-state index in [-0.39, 0.29) is 0 Å². The minimum absolute atomic E-state index is 0.322. The molecule has 4 nitrogen and oxygen atoms in total. The molecular weight excluding hydrogens is 156 g/mol. The number of aryl methyl sites for hydroxylation is 1. The zero-order valence-corrected chi connectivity index (χ0v) is 6.87. The summed E-state index contributed by atoms with van der Waals surface area (Å²) in [6, 6.07) is 0. The van der Waals surface area contributed by atoms with Gasteiger partial charge >= 0.3 is 5.97 Å². The molecule has 0 aliphatic rings. The molecule has 1 aromatic rings. The molecule has 0 bridgehead atoms. The van der Waals surface area contributed by atoms with E-state index in [1.807, 2.05) is 0 Å². The Labute approximate surface area is 70.1 Å². The van der Waals surface area contributed by atoms with Crippen molar-refractivity contribution in [2.45, 2.75) is 0 Å². The third-order valence-electron chi connectivity index (χ3n) is 1.48. The fourth-order valence-corrected chi connectivity index (χ4v) is 0.868. The van der Waals surface area contributed by atoms with E-state index >= 15 is 0 Å². The van der Waals surface area contributed by atoms with E-state index < -0.39 is 5.97 Å². The lowest BCUT2D eigenvalue weighted by Crippen LogP contribution is -2.03. The van der Waals surface area contributed by atoms with Crippen molar-refractivity contribution in [1.29, 1.82) is 0 Å². The second-order valence-corrected chi connectivity index (χ2v) is 2.17. The van der Waals surface area contributed by atoms with Gasteiger partial charge in [0.1, 0.15) is 11.3 Å². The van der Waals surface area contributed by atoms with Gasteiger partial charge in [0, 0.05) is 7.05 Å². The SMILES string of the molecule is C#Cc1c(C(=O)OC)cnn1C. The molecule has 0 fully saturated rings. The van der Waals surface area contributed by atoms with Gasteiger partial charge < -0.3 is 4.74 Å². The molecule has 0 saturated carbocycles. The Morgan fingerprint density at radius 1 is 1.83 bits per heavy atom. The zero-order chi connectivity index (χ0) is 9.14. The van der Waals surface area contributed by atoms with Gasteiger partial charge in [0.2, 0.25) is 0 Å². The van der Waals surface area contributed by atoms with Crippen molar-refractivity contribution in [3.63, 3.8) is 0 Å². The molecule has 0 aromatic carbocycles. The van der Waals surface area contributed by atoms with Crippen molar-refractivity contribution in [3.8, 4) is 12.3 Å². The van der Waals surface area contributed by atoms with Crippen LogP contribution >= 0.6 is 0 Å². The van der Waals surface area contributed by atoms with Crippen LogP contribution in [0, 0.1) is 12.3 Å². The van der Waals surface area contributed by atoms with E-state index in [0.717, 1.165) is 0 Å². The molecule has 0 saturated heterocycles. The highest BCUT2D eigenvalue weighted by Gasteiger charge is 2.13. The smallest absolute Gasteiger partial charge is 0.342 e. The number of rotatable bonds is 1. The van der Waals surface area contributed by atoms with Crippen LogP contribution in [0.15, 0.2) is 6.20 Å². The molecule has 12 heavy (non-hydrogen) atoms. The van der Waals surface area contributed by atoms with Crippen molar-refractivity contribution < 1.29 is 9.53 Å². The van der Waals surface area contributed by atoms with Gasteiger partial charge in [-0.2, -0.15) is 5.10 Å².